The van der Waals surface area contributed by atoms with Gasteiger partial charge in [0.25, 0.3) is 0 Å². The summed E-state index contributed by atoms with van der Waals surface area (Å²) in [6.07, 6.45) is 0. The third kappa shape index (κ3) is 4.06. The van der Waals surface area contributed by atoms with Gasteiger partial charge in [-0.1, -0.05) is 57.9 Å². The van der Waals surface area contributed by atoms with Crippen LogP contribution in [0.25, 0.3) is 11.3 Å². The molecule has 0 saturated carbocycles. The quantitative estimate of drug-likeness (QED) is 0.460. The number of aromatic nitrogens is 1. The SMILES string of the molecule is CC(=NNc1nc(-c2ccc(C)cc2)cs1)c1ccc(Br)cc1. The number of anilines is 1. The number of halogens is 1. The van der Waals surface area contributed by atoms with Crippen LogP contribution >= 0.6 is 27.3 Å². The van der Waals surface area contributed by atoms with Gasteiger partial charge in [0.1, 0.15) is 0 Å². The standard InChI is InChI=1S/C18H16BrN3S/c1-12-3-5-15(6-4-12)17-11-23-18(20-17)22-21-13(2)14-7-9-16(19)10-8-14/h3-11H,1-2H3,(H,20,22). The number of hydrazone groups is 1. The highest BCUT2D eigenvalue weighted by Gasteiger charge is 2.04. The number of hydrogen-bond donors (Lipinski definition) is 1. The molecule has 1 aromatic heterocycles. The van der Waals surface area contributed by atoms with Gasteiger partial charge in [-0.3, -0.25) is 5.43 Å². The molecule has 3 rings (SSSR count). The van der Waals surface area contributed by atoms with Crippen molar-refractivity contribution in [3.05, 3.63) is 69.5 Å². The predicted molar refractivity (Wildman–Crippen MR) is 102 cm³/mol. The van der Waals surface area contributed by atoms with Gasteiger partial charge in [-0.05, 0) is 31.5 Å². The van der Waals surface area contributed by atoms with Gasteiger partial charge < -0.3 is 0 Å². The van der Waals surface area contributed by atoms with Crippen molar-refractivity contribution < 1.29 is 0 Å². The minimum atomic E-state index is 0.789. The number of benzene rings is 2. The zero-order chi connectivity index (χ0) is 16.2. The Kier molecular flexibility index (Phi) is 4.88. The Morgan fingerprint density at radius 3 is 2.48 bits per heavy atom. The zero-order valence-electron chi connectivity index (χ0n) is 12.9. The van der Waals surface area contributed by atoms with Crippen LogP contribution < -0.4 is 5.43 Å². The van der Waals surface area contributed by atoms with E-state index in [1.807, 2.05) is 36.6 Å². The molecule has 0 unspecified atom stereocenters. The molecule has 3 aromatic rings. The monoisotopic (exact) mass is 385 g/mol. The highest BCUT2D eigenvalue weighted by Crippen LogP contribution is 2.25. The van der Waals surface area contributed by atoms with Gasteiger partial charge in [0.2, 0.25) is 5.13 Å². The summed E-state index contributed by atoms with van der Waals surface area (Å²) in [5, 5.41) is 7.24. The van der Waals surface area contributed by atoms with Crippen LogP contribution in [0.1, 0.15) is 18.1 Å². The summed E-state index contributed by atoms with van der Waals surface area (Å²) < 4.78 is 1.06. The van der Waals surface area contributed by atoms with Crippen LogP contribution in [0.15, 0.2) is 63.5 Å². The summed E-state index contributed by atoms with van der Waals surface area (Å²) in [5.74, 6) is 0. The summed E-state index contributed by atoms with van der Waals surface area (Å²) in [4.78, 5) is 4.58. The van der Waals surface area contributed by atoms with E-state index < -0.39 is 0 Å². The van der Waals surface area contributed by atoms with Crippen molar-refractivity contribution in [3.8, 4) is 11.3 Å². The number of thiazole rings is 1. The van der Waals surface area contributed by atoms with Crippen molar-refractivity contribution in [1.29, 1.82) is 0 Å². The van der Waals surface area contributed by atoms with Crippen molar-refractivity contribution in [3.63, 3.8) is 0 Å². The fourth-order valence-electron chi connectivity index (χ4n) is 2.07. The summed E-state index contributed by atoms with van der Waals surface area (Å²) in [6, 6.07) is 16.4. The Labute approximate surface area is 148 Å². The summed E-state index contributed by atoms with van der Waals surface area (Å²) in [7, 11) is 0. The van der Waals surface area contributed by atoms with Crippen LogP contribution in [0.3, 0.4) is 0 Å². The average Bonchev–Trinajstić information content (AvgIpc) is 3.03. The first kappa shape index (κ1) is 15.9. The Morgan fingerprint density at radius 2 is 1.78 bits per heavy atom. The second kappa shape index (κ2) is 7.06. The van der Waals surface area contributed by atoms with Crippen molar-refractivity contribution >= 4 is 38.1 Å². The minimum absolute atomic E-state index is 0.789. The van der Waals surface area contributed by atoms with Crippen LogP contribution in [-0.2, 0) is 0 Å². The minimum Gasteiger partial charge on any atom is -0.252 e. The van der Waals surface area contributed by atoms with Gasteiger partial charge in [-0.15, -0.1) is 11.3 Å². The largest absolute Gasteiger partial charge is 0.252 e. The highest BCUT2D eigenvalue weighted by molar-refractivity contribution is 9.10. The third-order valence-corrected chi connectivity index (χ3v) is 4.71. The normalized spacial score (nSPS) is 11.5. The van der Waals surface area contributed by atoms with Crippen molar-refractivity contribution in [2.24, 2.45) is 5.10 Å². The molecular weight excluding hydrogens is 370 g/mol. The second-order valence-corrected chi connectivity index (χ2v) is 6.99. The van der Waals surface area contributed by atoms with Gasteiger partial charge in [-0.2, -0.15) is 5.10 Å². The van der Waals surface area contributed by atoms with E-state index in [-0.39, 0.29) is 0 Å². The van der Waals surface area contributed by atoms with Crippen LogP contribution in [0.5, 0.6) is 0 Å². The number of nitrogens with zero attached hydrogens (tertiary/aromatic N) is 2. The maximum absolute atomic E-state index is 4.58. The van der Waals surface area contributed by atoms with Crippen molar-refractivity contribution in [2.75, 3.05) is 5.43 Å². The van der Waals surface area contributed by atoms with Gasteiger partial charge in [0.15, 0.2) is 0 Å². The van der Waals surface area contributed by atoms with E-state index in [2.05, 4.69) is 62.6 Å². The second-order valence-electron chi connectivity index (χ2n) is 5.22. The van der Waals surface area contributed by atoms with Crippen molar-refractivity contribution in [2.45, 2.75) is 13.8 Å². The molecule has 0 aliphatic heterocycles. The molecule has 1 N–H and O–H groups in total. The molecule has 5 heteroatoms. The van der Waals surface area contributed by atoms with Crippen LogP contribution in [-0.4, -0.2) is 10.7 Å². The molecule has 3 nitrogen and oxygen atoms in total. The Morgan fingerprint density at radius 1 is 1.09 bits per heavy atom. The topological polar surface area (TPSA) is 37.3 Å². The molecule has 0 saturated heterocycles. The molecule has 0 spiro atoms. The van der Waals surface area contributed by atoms with E-state index in [0.717, 1.165) is 32.1 Å². The molecule has 0 bridgehead atoms. The first-order valence-electron chi connectivity index (χ1n) is 7.20. The molecule has 0 aliphatic carbocycles. The number of rotatable bonds is 4. The Hall–Kier alpha value is -1.98. The summed E-state index contributed by atoms with van der Waals surface area (Å²) in [6.45, 7) is 4.06. The van der Waals surface area contributed by atoms with Gasteiger partial charge >= 0.3 is 0 Å². The smallest absolute Gasteiger partial charge is 0.203 e. The molecule has 0 fully saturated rings. The summed E-state index contributed by atoms with van der Waals surface area (Å²) >= 11 is 4.99. The molecule has 0 radical (unpaired) electrons. The maximum Gasteiger partial charge on any atom is 0.203 e. The molecule has 23 heavy (non-hydrogen) atoms. The lowest BCUT2D eigenvalue weighted by atomic mass is 10.1. The lowest BCUT2D eigenvalue weighted by molar-refractivity contribution is 1.27. The van der Waals surface area contributed by atoms with E-state index in [9.17, 15) is 0 Å². The molecule has 2 aromatic carbocycles. The average molecular weight is 386 g/mol. The third-order valence-electron chi connectivity index (χ3n) is 3.43. The first-order chi connectivity index (χ1) is 11.1. The number of nitrogens with one attached hydrogen (secondary N) is 1. The number of aryl methyl sites for hydroxylation is 1. The Balaban J connectivity index is 1.72. The van der Waals surface area contributed by atoms with E-state index >= 15 is 0 Å². The maximum atomic E-state index is 4.58. The Bertz CT molecular complexity index is 820. The molecular formula is C18H16BrN3S. The van der Waals surface area contributed by atoms with Gasteiger partial charge in [-0.25, -0.2) is 4.98 Å². The molecule has 0 atom stereocenters. The molecule has 116 valence electrons. The van der Waals surface area contributed by atoms with Crippen molar-refractivity contribution in [1.82, 2.24) is 4.98 Å². The fourth-order valence-corrected chi connectivity index (χ4v) is 3.00. The predicted octanol–water partition coefficient (Wildman–Crippen LogP) is 5.72. The lowest BCUT2D eigenvalue weighted by Crippen LogP contribution is -1.99. The molecule has 0 amide bonds. The van der Waals surface area contributed by atoms with E-state index in [1.165, 1.54) is 5.56 Å². The van der Waals surface area contributed by atoms with E-state index in [4.69, 9.17) is 0 Å². The lowest BCUT2D eigenvalue weighted by Gasteiger charge is -2.01. The fraction of sp³-hybridized carbons (Fsp3) is 0.111. The van der Waals surface area contributed by atoms with Crippen LogP contribution in [0, 0.1) is 6.92 Å². The summed E-state index contributed by atoms with van der Waals surface area (Å²) in [5.41, 5.74) is 8.38. The highest BCUT2D eigenvalue weighted by atomic mass is 79.9. The van der Waals surface area contributed by atoms with Gasteiger partial charge in [0.05, 0.1) is 11.4 Å². The number of hydrogen-bond acceptors (Lipinski definition) is 4. The molecule has 1 heterocycles. The first-order valence-corrected chi connectivity index (χ1v) is 8.88. The van der Waals surface area contributed by atoms with E-state index in [0.29, 0.717) is 0 Å². The van der Waals surface area contributed by atoms with Crippen LogP contribution in [0.4, 0.5) is 5.13 Å². The van der Waals surface area contributed by atoms with E-state index in [1.54, 1.807) is 11.3 Å². The molecule has 0 aliphatic rings. The van der Waals surface area contributed by atoms with Gasteiger partial charge in [0, 0.05) is 15.4 Å². The zero-order valence-corrected chi connectivity index (χ0v) is 15.3. The van der Waals surface area contributed by atoms with Crippen LogP contribution in [0.2, 0.25) is 0 Å².